The summed E-state index contributed by atoms with van der Waals surface area (Å²) in [5.41, 5.74) is 2.21. The van der Waals surface area contributed by atoms with Crippen molar-refractivity contribution in [2.75, 3.05) is 0 Å². The minimum atomic E-state index is 0.115. The van der Waals surface area contributed by atoms with Crippen LogP contribution in [0.5, 0.6) is 5.88 Å². The molecule has 0 bridgehead atoms. The second-order valence-electron chi connectivity index (χ2n) is 3.36. The van der Waals surface area contributed by atoms with Crippen LogP contribution in [-0.2, 0) is 0 Å². The molecular formula is C11H13NO. The first kappa shape index (κ1) is 8.30. The smallest absolute Gasteiger partial charge is 0.211 e. The van der Waals surface area contributed by atoms with Crippen molar-refractivity contribution in [3.05, 3.63) is 30.0 Å². The van der Waals surface area contributed by atoms with Crippen molar-refractivity contribution in [2.45, 2.75) is 25.7 Å². The van der Waals surface area contributed by atoms with Gasteiger partial charge in [0.25, 0.3) is 0 Å². The molecule has 0 radical (unpaired) electrons. The molecule has 1 aromatic heterocycles. The molecule has 2 nitrogen and oxygen atoms in total. The van der Waals surface area contributed by atoms with Crippen LogP contribution in [0, 0.1) is 0 Å². The van der Waals surface area contributed by atoms with Gasteiger partial charge in [0.2, 0.25) is 5.88 Å². The summed E-state index contributed by atoms with van der Waals surface area (Å²) in [5, 5.41) is 9.21. The molecule has 1 aliphatic carbocycles. The van der Waals surface area contributed by atoms with Gasteiger partial charge in [-0.05, 0) is 37.3 Å². The highest BCUT2D eigenvalue weighted by Crippen LogP contribution is 2.25. The number of allylic oxidation sites excluding steroid dienone is 2. The Morgan fingerprint density at radius 2 is 2.15 bits per heavy atom. The number of hydrogen-bond acceptors (Lipinski definition) is 2. The van der Waals surface area contributed by atoms with E-state index in [-0.39, 0.29) is 5.88 Å². The third kappa shape index (κ3) is 1.89. The predicted molar refractivity (Wildman–Crippen MR) is 52.3 cm³/mol. The van der Waals surface area contributed by atoms with Crippen LogP contribution in [-0.4, -0.2) is 10.1 Å². The fourth-order valence-electron chi connectivity index (χ4n) is 1.67. The first-order valence-electron chi connectivity index (χ1n) is 4.72. The molecule has 1 aliphatic rings. The number of rotatable bonds is 1. The van der Waals surface area contributed by atoms with Gasteiger partial charge in [-0.15, -0.1) is 0 Å². The highest BCUT2D eigenvalue weighted by atomic mass is 16.3. The monoisotopic (exact) mass is 175 g/mol. The van der Waals surface area contributed by atoms with Crippen LogP contribution >= 0.6 is 0 Å². The molecule has 1 N–H and O–H groups in total. The van der Waals surface area contributed by atoms with Gasteiger partial charge in [0.1, 0.15) is 0 Å². The summed E-state index contributed by atoms with van der Waals surface area (Å²) >= 11 is 0. The van der Waals surface area contributed by atoms with Gasteiger partial charge in [0, 0.05) is 6.07 Å². The van der Waals surface area contributed by atoms with Crippen LogP contribution < -0.4 is 0 Å². The molecule has 0 aromatic carbocycles. The molecule has 1 aromatic rings. The van der Waals surface area contributed by atoms with Gasteiger partial charge in [-0.3, -0.25) is 0 Å². The highest BCUT2D eigenvalue weighted by Gasteiger charge is 2.07. The topological polar surface area (TPSA) is 33.1 Å². The fraction of sp³-hybridized carbons (Fsp3) is 0.364. The van der Waals surface area contributed by atoms with Gasteiger partial charge in [0.05, 0.1) is 5.69 Å². The first-order valence-corrected chi connectivity index (χ1v) is 4.72. The van der Waals surface area contributed by atoms with E-state index in [1.807, 2.05) is 12.1 Å². The quantitative estimate of drug-likeness (QED) is 0.711. The van der Waals surface area contributed by atoms with Crippen molar-refractivity contribution in [1.29, 1.82) is 0 Å². The largest absolute Gasteiger partial charge is 0.493 e. The Kier molecular flexibility index (Phi) is 2.30. The molecule has 0 unspecified atom stereocenters. The lowest BCUT2D eigenvalue weighted by Gasteiger charge is -2.11. The second-order valence-corrected chi connectivity index (χ2v) is 3.36. The third-order valence-electron chi connectivity index (χ3n) is 2.35. The maximum Gasteiger partial charge on any atom is 0.211 e. The lowest BCUT2D eigenvalue weighted by Crippen LogP contribution is -1.93. The SMILES string of the molecule is Oc1cccc(C2=CCCCC2)n1. The van der Waals surface area contributed by atoms with Crippen LogP contribution in [0.15, 0.2) is 24.3 Å². The molecule has 68 valence electrons. The molecule has 2 heteroatoms. The average Bonchev–Trinajstić information content (AvgIpc) is 2.19. The molecule has 0 amide bonds. The van der Waals surface area contributed by atoms with Crippen molar-refractivity contribution in [1.82, 2.24) is 4.98 Å². The summed E-state index contributed by atoms with van der Waals surface area (Å²) in [5.74, 6) is 0.115. The van der Waals surface area contributed by atoms with E-state index in [0.717, 1.165) is 18.5 Å². The van der Waals surface area contributed by atoms with E-state index in [4.69, 9.17) is 0 Å². The van der Waals surface area contributed by atoms with Crippen LogP contribution in [0.4, 0.5) is 0 Å². The zero-order valence-electron chi connectivity index (χ0n) is 7.53. The molecule has 0 aliphatic heterocycles. The summed E-state index contributed by atoms with van der Waals surface area (Å²) in [6.07, 6.45) is 6.99. The zero-order valence-corrected chi connectivity index (χ0v) is 7.53. The van der Waals surface area contributed by atoms with E-state index in [0.29, 0.717) is 0 Å². The maximum absolute atomic E-state index is 9.21. The maximum atomic E-state index is 9.21. The summed E-state index contributed by atoms with van der Waals surface area (Å²) < 4.78 is 0. The van der Waals surface area contributed by atoms with Crippen molar-refractivity contribution in [2.24, 2.45) is 0 Å². The van der Waals surface area contributed by atoms with Crippen LogP contribution in [0.2, 0.25) is 0 Å². The Hall–Kier alpha value is -1.31. The fourth-order valence-corrected chi connectivity index (χ4v) is 1.67. The minimum absolute atomic E-state index is 0.115. The lowest BCUT2D eigenvalue weighted by atomic mass is 9.97. The van der Waals surface area contributed by atoms with Gasteiger partial charge in [-0.2, -0.15) is 0 Å². The number of pyridine rings is 1. The van der Waals surface area contributed by atoms with Gasteiger partial charge in [-0.25, -0.2) is 4.98 Å². The molecule has 0 atom stereocenters. The zero-order chi connectivity index (χ0) is 9.10. The molecular weight excluding hydrogens is 162 g/mol. The van der Waals surface area contributed by atoms with E-state index in [1.165, 1.54) is 18.4 Å². The van der Waals surface area contributed by atoms with E-state index in [9.17, 15) is 5.11 Å². The first-order chi connectivity index (χ1) is 6.36. The van der Waals surface area contributed by atoms with Crippen LogP contribution in [0.25, 0.3) is 5.57 Å². The molecule has 0 spiro atoms. The summed E-state index contributed by atoms with van der Waals surface area (Å²) in [6.45, 7) is 0. The van der Waals surface area contributed by atoms with E-state index in [2.05, 4.69) is 11.1 Å². The number of hydrogen-bond donors (Lipinski definition) is 1. The number of aromatic hydroxyl groups is 1. The standard InChI is InChI=1S/C11H13NO/c13-11-8-4-7-10(12-11)9-5-2-1-3-6-9/h4-5,7-8H,1-3,6H2,(H,12,13). The summed E-state index contributed by atoms with van der Waals surface area (Å²) in [6, 6.07) is 5.40. The van der Waals surface area contributed by atoms with Crippen molar-refractivity contribution in [3.8, 4) is 5.88 Å². The number of nitrogens with zero attached hydrogens (tertiary/aromatic N) is 1. The molecule has 0 fully saturated rings. The minimum Gasteiger partial charge on any atom is -0.493 e. The second kappa shape index (κ2) is 3.60. The molecule has 0 saturated carbocycles. The Bertz CT molecular complexity index is 331. The molecule has 1 heterocycles. The van der Waals surface area contributed by atoms with Crippen LogP contribution in [0.1, 0.15) is 31.4 Å². The highest BCUT2D eigenvalue weighted by molar-refractivity contribution is 5.63. The predicted octanol–water partition coefficient (Wildman–Crippen LogP) is 2.74. The van der Waals surface area contributed by atoms with Crippen molar-refractivity contribution < 1.29 is 5.11 Å². The van der Waals surface area contributed by atoms with Crippen LogP contribution in [0.3, 0.4) is 0 Å². The normalized spacial score (nSPS) is 16.8. The van der Waals surface area contributed by atoms with Crippen molar-refractivity contribution in [3.63, 3.8) is 0 Å². The Labute approximate surface area is 77.9 Å². The van der Waals surface area contributed by atoms with Gasteiger partial charge in [0.15, 0.2) is 0 Å². The molecule has 2 rings (SSSR count). The van der Waals surface area contributed by atoms with E-state index >= 15 is 0 Å². The van der Waals surface area contributed by atoms with E-state index in [1.54, 1.807) is 6.07 Å². The Morgan fingerprint density at radius 1 is 1.23 bits per heavy atom. The van der Waals surface area contributed by atoms with Gasteiger partial charge < -0.3 is 5.11 Å². The van der Waals surface area contributed by atoms with Gasteiger partial charge >= 0.3 is 0 Å². The average molecular weight is 175 g/mol. The van der Waals surface area contributed by atoms with E-state index < -0.39 is 0 Å². The van der Waals surface area contributed by atoms with Crippen molar-refractivity contribution >= 4 is 5.57 Å². The molecule has 13 heavy (non-hydrogen) atoms. The third-order valence-corrected chi connectivity index (χ3v) is 2.35. The lowest BCUT2D eigenvalue weighted by molar-refractivity contribution is 0.453. The summed E-state index contributed by atoms with van der Waals surface area (Å²) in [4.78, 5) is 4.08. The summed E-state index contributed by atoms with van der Waals surface area (Å²) in [7, 11) is 0. The Balaban J connectivity index is 2.29. The van der Waals surface area contributed by atoms with Gasteiger partial charge in [-0.1, -0.05) is 12.1 Å². The molecule has 0 saturated heterocycles. The Morgan fingerprint density at radius 3 is 2.85 bits per heavy atom. The number of aromatic nitrogens is 1.